The van der Waals surface area contributed by atoms with Crippen LogP contribution in [0.15, 0.2) is 0 Å². The van der Waals surface area contributed by atoms with Gasteiger partial charge in [0.1, 0.15) is 0 Å². The van der Waals surface area contributed by atoms with Crippen LogP contribution in [0.1, 0.15) is 0 Å². The first-order valence-corrected chi connectivity index (χ1v) is 2.49. The van der Waals surface area contributed by atoms with Gasteiger partial charge in [-0.15, -0.1) is 0 Å². The summed E-state index contributed by atoms with van der Waals surface area (Å²) in [7, 11) is 0. The van der Waals surface area contributed by atoms with E-state index >= 15 is 0 Å². The highest BCUT2D eigenvalue weighted by Gasteiger charge is 2.74. The Morgan fingerprint density at radius 2 is 1.09 bits per heavy atom. The fourth-order valence-corrected chi connectivity index (χ4v) is 0.578. The quantitative estimate of drug-likeness (QED) is 0.517. The van der Waals surface area contributed by atoms with Crippen molar-refractivity contribution in [1.29, 1.82) is 0 Å². The summed E-state index contributed by atoms with van der Waals surface area (Å²) in [6.45, 7) is 0. The Hall–Kier alpha value is -0.460. The highest BCUT2D eigenvalue weighted by Crippen LogP contribution is 2.48. The average Bonchev–Trinajstić information content (AvgIpc) is 1.95. The van der Waals surface area contributed by atoms with Crippen LogP contribution >= 0.6 is 0 Å². The van der Waals surface area contributed by atoms with Gasteiger partial charge in [-0.2, -0.15) is 17.6 Å². The van der Waals surface area contributed by atoms with Crippen molar-refractivity contribution in [3.8, 4) is 0 Å². The third-order valence-corrected chi connectivity index (χ3v) is 1.25. The van der Waals surface area contributed by atoms with E-state index in [1.165, 1.54) is 0 Å². The van der Waals surface area contributed by atoms with E-state index in [1.807, 2.05) is 0 Å². The summed E-state index contributed by atoms with van der Waals surface area (Å²) in [5, 5.41) is 0. The molecule has 0 saturated carbocycles. The van der Waals surface area contributed by atoms with Crippen LogP contribution in [-0.4, -0.2) is 24.6 Å². The maximum absolute atomic E-state index is 11.9. The van der Waals surface area contributed by atoms with E-state index in [4.69, 9.17) is 0 Å². The van der Waals surface area contributed by atoms with Crippen LogP contribution in [-0.2, 0) is 4.74 Å². The highest BCUT2D eigenvalue weighted by molar-refractivity contribution is 4.95. The fourth-order valence-electron chi connectivity index (χ4n) is 0.578. The molecule has 1 saturated heterocycles. The molecule has 0 bridgehead atoms. The second-order valence-corrected chi connectivity index (χ2v) is 2.01. The van der Waals surface area contributed by atoms with Gasteiger partial charge in [0.25, 0.3) is 12.7 Å². The molecule has 1 nitrogen and oxygen atoms in total. The Balaban J connectivity index is 2.95. The zero-order valence-electron chi connectivity index (χ0n) is 4.83. The molecule has 66 valence electrons. The van der Waals surface area contributed by atoms with Gasteiger partial charge in [-0.25, -0.2) is 8.78 Å². The van der Waals surface area contributed by atoms with E-state index in [2.05, 4.69) is 4.74 Å². The monoisotopic (exact) mass is 180 g/mol. The standard InChI is InChI=1S/C4H2F6O/c5-1-3(7,8)4(9,10)2(6)11-1/h1-2H. The van der Waals surface area contributed by atoms with Gasteiger partial charge in [0.05, 0.1) is 0 Å². The minimum atomic E-state index is -5.08. The van der Waals surface area contributed by atoms with Gasteiger partial charge < -0.3 is 4.74 Å². The Morgan fingerprint density at radius 3 is 1.18 bits per heavy atom. The first kappa shape index (κ1) is 8.63. The van der Waals surface area contributed by atoms with Gasteiger partial charge >= 0.3 is 11.8 Å². The summed E-state index contributed by atoms with van der Waals surface area (Å²) in [6.07, 6.45) is -7.15. The summed E-state index contributed by atoms with van der Waals surface area (Å²) in [6, 6.07) is 0. The molecule has 0 aliphatic carbocycles. The fraction of sp³-hybridized carbons (Fsp3) is 1.00. The lowest BCUT2D eigenvalue weighted by Gasteiger charge is -2.16. The average molecular weight is 180 g/mol. The van der Waals surface area contributed by atoms with Crippen LogP contribution in [0.4, 0.5) is 26.3 Å². The minimum absolute atomic E-state index is 2.96. The van der Waals surface area contributed by atoms with Crippen molar-refractivity contribution in [2.45, 2.75) is 24.6 Å². The normalized spacial score (nSPS) is 40.9. The van der Waals surface area contributed by atoms with Crippen molar-refractivity contribution in [2.75, 3.05) is 0 Å². The predicted octanol–water partition coefficient (Wildman–Crippen LogP) is 1.88. The van der Waals surface area contributed by atoms with Crippen molar-refractivity contribution >= 4 is 0 Å². The van der Waals surface area contributed by atoms with Gasteiger partial charge in [0.15, 0.2) is 0 Å². The maximum Gasteiger partial charge on any atom is 0.370 e. The molecule has 1 rings (SSSR count). The molecule has 1 aliphatic rings. The highest BCUT2D eigenvalue weighted by atomic mass is 19.3. The Labute approximate surface area is 56.9 Å². The van der Waals surface area contributed by atoms with Crippen molar-refractivity contribution < 1.29 is 31.1 Å². The van der Waals surface area contributed by atoms with Crippen LogP contribution in [0.5, 0.6) is 0 Å². The molecule has 1 heterocycles. The summed E-state index contributed by atoms with van der Waals surface area (Å²) in [5.41, 5.74) is 0. The molecular formula is C4H2F6O. The van der Waals surface area contributed by atoms with E-state index in [0.717, 1.165) is 0 Å². The number of halogens is 6. The van der Waals surface area contributed by atoms with Gasteiger partial charge in [0.2, 0.25) is 0 Å². The minimum Gasteiger partial charge on any atom is -0.303 e. The number of ether oxygens (including phenoxy) is 1. The molecule has 1 fully saturated rings. The predicted molar refractivity (Wildman–Crippen MR) is 20.8 cm³/mol. The number of rotatable bonds is 0. The lowest BCUT2D eigenvalue weighted by atomic mass is 10.2. The third-order valence-electron chi connectivity index (χ3n) is 1.25. The largest absolute Gasteiger partial charge is 0.370 e. The van der Waals surface area contributed by atoms with Crippen molar-refractivity contribution in [3.63, 3.8) is 0 Å². The summed E-state index contributed by atoms with van der Waals surface area (Å²) >= 11 is 0. The molecule has 0 aromatic carbocycles. The third kappa shape index (κ3) is 0.901. The summed E-state index contributed by atoms with van der Waals surface area (Å²) < 4.78 is 74.0. The molecule has 11 heavy (non-hydrogen) atoms. The number of alkyl halides is 6. The Morgan fingerprint density at radius 1 is 0.818 bits per heavy atom. The zero-order chi connectivity index (χ0) is 8.86. The Kier molecular flexibility index (Phi) is 1.59. The molecule has 7 heteroatoms. The van der Waals surface area contributed by atoms with Crippen LogP contribution in [0.2, 0.25) is 0 Å². The Bertz CT molecular complexity index is 150. The van der Waals surface area contributed by atoms with Crippen LogP contribution < -0.4 is 0 Å². The van der Waals surface area contributed by atoms with Crippen LogP contribution in [0.3, 0.4) is 0 Å². The topological polar surface area (TPSA) is 9.23 Å². The SMILES string of the molecule is FC1OC(F)C(F)(F)C1(F)F. The lowest BCUT2D eigenvalue weighted by Crippen LogP contribution is -2.44. The maximum atomic E-state index is 11.9. The second kappa shape index (κ2) is 2.02. The molecule has 0 amide bonds. The molecule has 1 aliphatic heterocycles. The van der Waals surface area contributed by atoms with Crippen LogP contribution in [0.25, 0.3) is 0 Å². The van der Waals surface area contributed by atoms with E-state index in [-0.39, 0.29) is 0 Å². The van der Waals surface area contributed by atoms with Gasteiger partial charge in [-0.3, -0.25) is 0 Å². The van der Waals surface area contributed by atoms with Crippen molar-refractivity contribution in [1.82, 2.24) is 0 Å². The molecule has 0 radical (unpaired) electrons. The lowest BCUT2D eigenvalue weighted by molar-refractivity contribution is -0.223. The van der Waals surface area contributed by atoms with Gasteiger partial charge in [-0.05, 0) is 0 Å². The first-order chi connectivity index (χ1) is 4.80. The van der Waals surface area contributed by atoms with Gasteiger partial charge in [-0.1, -0.05) is 0 Å². The van der Waals surface area contributed by atoms with E-state index in [9.17, 15) is 26.3 Å². The number of hydrogen-bond donors (Lipinski definition) is 0. The molecule has 0 spiro atoms. The van der Waals surface area contributed by atoms with Gasteiger partial charge in [0, 0.05) is 0 Å². The van der Waals surface area contributed by atoms with E-state index < -0.39 is 24.6 Å². The smallest absolute Gasteiger partial charge is 0.303 e. The van der Waals surface area contributed by atoms with E-state index in [0.29, 0.717) is 0 Å². The molecular weight excluding hydrogens is 178 g/mol. The second-order valence-electron chi connectivity index (χ2n) is 2.01. The van der Waals surface area contributed by atoms with Crippen molar-refractivity contribution in [2.24, 2.45) is 0 Å². The molecule has 0 N–H and O–H groups in total. The molecule has 0 aromatic rings. The number of hydrogen-bond acceptors (Lipinski definition) is 1. The summed E-state index contributed by atoms with van der Waals surface area (Å²) in [4.78, 5) is 0. The van der Waals surface area contributed by atoms with Crippen LogP contribution in [0, 0.1) is 0 Å². The molecule has 2 atom stereocenters. The van der Waals surface area contributed by atoms with E-state index in [1.54, 1.807) is 0 Å². The molecule has 0 aromatic heterocycles. The first-order valence-electron chi connectivity index (χ1n) is 2.49. The van der Waals surface area contributed by atoms with Crippen molar-refractivity contribution in [3.05, 3.63) is 0 Å². The molecule has 2 unspecified atom stereocenters. The zero-order valence-corrected chi connectivity index (χ0v) is 4.83. The summed E-state index contributed by atoms with van der Waals surface area (Å²) in [5.74, 6) is -10.2.